The number of pyridine rings is 1. The van der Waals surface area contributed by atoms with Crippen molar-refractivity contribution in [1.82, 2.24) is 20.5 Å². The molecule has 0 spiro atoms. The average Bonchev–Trinajstić information content (AvgIpc) is 3.16. The number of likely N-dealkylation sites (tertiary alicyclic amines) is 1. The molecule has 0 bridgehead atoms. The summed E-state index contributed by atoms with van der Waals surface area (Å²) in [5.74, 6) is 1.43. The van der Waals surface area contributed by atoms with Crippen LogP contribution in [0.15, 0.2) is 23.3 Å². The third kappa shape index (κ3) is 6.32. The molecule has 28 heavy (non-hydrogen) atoms. The van der Waals surface area contributed by atoms with E-state index in [1.165, 1.54) is 19.3 Å². The van der Waals surface area contributed by atoms with E-state index in [0.29, 0.717) is 12.5 Å². The maximum absolute atomic E-state index is 12.7. The van der Waals surface area contributed by atoms with Gasteiger partial charge >= 0.3 is 0 Å². The lowest BCUT2D eigenvalue weighted by molar-refractivity contribution is -0.135. The molecule has 1 saturated carbocycles. The largest absolute Gasteiger partial charge is 0.357 e. The highest BCUT2D eigenvalue weighted by atomic mass is 127. The number of guanidine groups is 1. The molecule has 2 fully saturated rings. The van der Waals surface area contributed by atoms with Crippen molar-refractivity contribution in [2.45, 2.75) is 65.0 Å². The first-order chi connectivity index (χ1) is 13.2. The second-order valence-electron chi connectivity index (χ2n) is 7.71. The summed E-state index contributed by atoms with van der Waals surface area (Å²) in [6.07, 6.45) is 8.62. The van der Waals surface area contributed by atoms with Gasteiger partial charge in [0.05, 0.1) is 12.2 Å². The summed E-state index contributed by atoms with van der Waals surface area (Å²) in [5, 5.41) is 6.83. The summed E-state index contributed by atoms with van der Waals surface area (Å²) in [6.45, 7) is 7.12. The Morgan fingerprint density at radius 3 is 2.79 bits per heavy atom. The van der Waals surface area contributed by atoms with Gasteiger partial charge in [-0.15, -0.1) is 24.0 Å². The van der Waals surface area contributed by atoms with E-state index < -0.39 is 0 Å². The zero-order chi connectivity index (χ0) is 19.1. The minimum Gasteiger partial charge on any atom is -0.357 e. The van der Waals surface area contributed by atoms with Crippen LogP contribution in [0.1, 0.15) is 56.7 Å². The summed E-state index contributed by atoms with van der Waals surface area (Å²) in [5.41, 5.74) is 2.15. The summed E-state index contributed by atoms with van der Waals surface area (Å²) < 4.78 is 0. The fourth-order valence-corrected chi connectivity index (χ4v) is 4.04. The number of carbonyl (C=O) groups excluding carboxylic acids is 1. The van der Waals surface area contributed by atoms with Crippen molar-refractivity contribution in [3.8, 4) is 0 Å². The maximum Gasteiger partial charge on any atom is 0.225 e. The molecular formula is C21H34IN5O. The standard InChI is InChI=1S/C21H33N5O.HI/c1-3-22-21(24-14-19-16(2)8-7-12-23-19)25-18-11-13-26(15-18)20(27)17-9-5-4-6-10-17;/h7-8,12,17-18H,3-6,9-11,13-15H2,1-2H3,(H2,22,24,25);1H. The minimum atomic E-state index is 0. The van der Waals surface area contributed by atoms with E-state index in [1.807, 2.05) is 12.3 Å². The number of nitrogens with one attached hydrogen (secondary N) is 2. The Labute approximate surface area is 186 Å². The molecule has 0 radical (unpaired) electrons. The van der Waals surface area contributed by atoms with Crippen LogP contribution in [-0.4, -0.2) is 47.4 Å². The number of hydrogen-bond donors (Lipinski definition) is 2. The maximum atomic E-state index is 12.7. The number of aromatic nitrogens is 1. The Kier molecular flexibility index (Phi) is 9.47. The molecule has 1 aliphatic heterocycles. The van der Waals surface area contributed by atoms with Crippen LogP contribution in [0.3, 0.4) is 0 Å². The van der Waals surface area contributed by atoms with E-state index in [9.17, 15) is 4.79 Å². The van der Waals surface area contributed by atoms with Crippen molar-refractivity contribution >= 4 is 35.8 Å². The summed E-state index contributed by atoms with van der Waals surface area (Å²) in [6, 6.07) is 4.27. The molecule has 1 saturated heterocycles. The fourth-order valence-electron chi connectivity index (χ4n) is 4.04. The van der Waals surface area contributed by atoms with Gasteiger partial charge in [-0.25, -0.2) is 4.99 Å². The van der Waals surface area contributed by atoms with Gasteiger partial charge in [0.15, 0.2) is 5.96 Å². The first-order valence-electron chi connectivity index (χ1n) is 10.4. The van der Waals surface area contributed by atoms with Gasteiger partial charge in [-0.1, -0.05) is 25.3 Å². The average molecular weight is 499 g/mol. The normalized spacial score (nSPS) is 20.6. The zero-order valence-electron chi connectivity index (χ0n) is 17.1. The van der Waals surface area contributed by atoms with Crippen LogP contribution in [0.2, 0.25) is 0 Å². The first-order valence-corrected chi connectivity index (χ1v) is 10.4. The van der Waals surface area contributed by atoms with E-state index >= 15 is 0 Å². The quantitative estimate of drug-likeness (QED) is 0.371. The Balaban J connectivity index is 0.00000280. The van der Waals surface area contributed by atoms with Gasteiger partial charge < -0.3 is 15.5 Å². The van der Waals surface area contributed by atoms with Crippen LogP contribution < -0.4 is 10.6 Å². The van der Waals surface area contributed by atoms with E-state index in [4.69, 9.17) is 4.99 Å². The molecule has 7 heteroatoms. The number of aryl methyl sites for hydroxylation is 1. The zero-order valence-corrected chi connectivity index (χ0v) is 19.4. The Bertz CT molecular complexity index is 660. The van der Waals surface area contributed by atoms with Gasteiger partial charge in [0.25, 0.3) is 0 Å². The molecule has 1 aromatic rings. The molecule has 1 aromatic heterocycles. The molecular weight excluding hydrogens is 465 g/mol. The van der Waals surface area contributed by atoms with E-state index in [1.54, 1.807) is 0 Å². The van der Waals surface area contributed by atoms with Gasteiger partial charge in [-0.05, 0) is 44.7 Å². The Morgan fingerprint density at radius 2 is 2.07 bits per heavy atom. The molecule has 156 valence electrons. The van der Waals surface area contributed by atoms with Crippen LogP contribution in [-0.2, 0) is 11.3 Å². The van der Waals surface area contributed by atoms with Crippen molar-refractivity contribution < 1.29 is 4.79 Å². The molecule has 6 nitrogen and oxygen atoms in total. The van der Waals surface area contributed by atoms with Gasteiger partial charge in [0, 0.05) is 37.8 Å². The van der Waals surface area contributed by atoms with Gasteiger partial charge in [0.2, 0.25) is 5.91 Å². The van der Waals surface area contributed by atoms with Crippen molar-refractivity contribution in [2.75, 3.05) is 19.6 Å². The van der Waals surface area contributed by atoms with Crippen LogP contribution >= 0.6 is 24.0 Å². The number of nitrogens with zero attached hydrogens (tertiary/aromatic N) is 3. The molecule has 3 rings (SSSR count). The van der Waals surface area contributed by atoms with Gasteiger partial charge in [0.1, 0.15) is 0 Å². The summed E-state index contributed by atoms with van der Waals surface area (Å²) in [7, 11) is 0. The number of carbonyl (C=O) groups is 1. The number of halogens is 1. The van der Waals surface area contributed by atoms with E-state index in [2.05, 4.69) is 40.4 Å². The summed E-state index contributed by atoms with van der Waals surface area (Å²) in [4.78, 5) is 23.9. The van der Waals surface area contributed by atoms with Gasteiger partial charge in [-0.3, -0.25) is 9.78 Å². The molecule has 1 amide bonds. The van der Waals surface area contributed by atoms with Crippen molar-refractivity contribution in [3.05, 3.63) is 29.6 Å². The molecule has 2 heterocycles. The predicted molar refractivity (Wildman–Crippen MR) is 124 cm³/mol. The lowest BCUT2D eigenvalue weighted by atomic mass is 9.88. The predicted octanol–water partition coefficient (Wildman–Crippen LogP) is 3.24. The van der Waals surface area contributed by atoms with E-state index in [-0.39, 0.29) is 35.9 Å². The molecule has 1 aliphatic carbocycles. The molecule has 2 aliphatic rings. The van der Waals surface area contributed by atoms with Crippen LogP contribution in [0.4, 0.5) is 0 Å². The Morgan fingerprint density at radius 1 is 1.29 bits per heavy atom. The SMILES string of the molecule is CCNC(=NCc1ncccc1C)NC1CCN(C(=O)C2CCCCC2)C1.I. The lowest BCUT2D eigenvalue weighted by Gasteiger charge is -2.26. The van der Waals surface area contributed by atoms with E-state index in [0.717, 1.165) is 56.1 Å². The minimum absolute atomic E-state index is 0. The van der Waals surface area contributed by atoms with Crippen LogP contribution in [0.25, 0.3) is 0 Å². The fraction of sp³-hybridized carbons (Fsp3) is 0.667. The number of aliphatic imine (C=N–C) groups is 1. The smallest absolute Gasteiger partial charge is 0.225 e. The van der Waals surface area contributed by atoms with Gasteiger partial charge in [-0.2, -0.15) is 0 Å². The second kappa shape index (κ2) is 11.6. The Hall–Kier alpha value is -1.38. The van der Waals surface area contributed by atoms with Crippen LogP contribution in [0, 0.1) is 12.8 Å². The molecule has 1 unspecified atom stereocenters. The second-order valence-corrected chi connectivity index (χ2v) is 7.71. The van der Waals surface area contributed by atoms with Crippen molar-refractivity contribution in [2.24, 2.45) is 10.9 Å². The lowest BCUT2D eigenvalue weighted by Crippen LogP contribution is -2.45. The highest BCUT2D eigenvalue weighted by Crippen LogP contribution is 2.26. The van der Waals surface area contributed by atoms with Crippen molar-refractivity contribution in [1.29, 1.82) is 0 Å². The first kappa shape index (κ1) is 22.9. The molecule has 1 atom stereocenters. The monoisotopic (exact) mass is 499 g/mol. The third-order valence-electron chi connectivity index (χ3n) is 5.64. The molecule has 0 aromatic carbocycles. The van der Waals surface area contributed by atoms with Crippen LogP contribution in [0.5, 0.6) is 0 Å². The number of amides is 1. The topological polar surface area (TPSA) is 69.6 Å². The number of hydrogen-bond acceptors (Lipinski definition) is 3. The number of rotatable bonds is 5. The highest BCUT2D eigenvalue weighted by molar-refractivity contribution is 14.0. The summed E-state index contributed by atoms with van der Waals surface area (Å²) >= 11 is 0. The highest BCUT2D eigenvalue weighted by Gasteiger charge is 2.31. The van der Waals surface area contributed by atoms with Crippen molar-refractivity contribution in [3.63, 3.8) is 0 Å². The molecule has 2 N–H and O–H groups in total. The third-order valence-corrected chi connectivity index (χ3v) is 5.64.